The van der Waals surface area contributed by atoms with Crippen LogP contribution in [-0.2, 0) is 24.7 Å². The lowest BCUT2D eigenvalue weighted by Crippen LogP contribution is -2.41. The summed E-state index contributed by atoms with van der Waals surface area (Å²) in [5.74, 6) is 0.860. The minimum absolute atomic E-state index is 0.0355. The van der Waals surface area contributed by atoms with Crippen LogP contribution >= 0.6 is 23.1 Å². The molecule has 27 heavy (non-hydrogen) atoms. The van der Waals surface area contributed by atoms with E-state index in [1.165, 1.54) is 28.6 Å². The van der Waals surface area contributed by atoms with E-state index in [2.05, 4.69) is 6.92 Å². The molecule has 0 saturated carbocycles. The Kier molecular flexibility index (Phi) is 5.34. The third kappa shape index (κ3) is 3.56. The Morgan fingerprint density at radius 1 is 1.26 bits per heavy atom. The lowest BCUT2D eigenvalue weighted by molar-refractivity contribution is -0.131. The van der Waals surface area contributed by atoms with Crippen LogP contribution in [0.15, 0.2) is 9.95 Å². The average molecular weight is 406 g/mol. The molecule has 0 bridgehead atoms. The van der Waals surface area contributed by atoms with E-state index in [4.69, 9.17) is 4.98 Å². The maximum atomic E-state index is 13.0. The average Bonchev–Trinajstić information content (AvgIpc) is 3.04. The van der Waals surface area contributed by atoms with Crippen molar-refractivity contribution in [2.24, 2.45) is 13.0 Å². The van der Waals surface area contributed by atoms with Gasteiger partial charge in [-0.2, -0.15) is 0 Å². The summed E-state index contributed by atoms with van der Waals surface area (Å²) in [6, 6.07) is 0. The molecule has 0 radical (unpaired) electrons. The van der Waals surface area contributed by atoms with Crippen LogP contribution in [0.4, 0.5) is 0 Å². The number of carbonyl (C=O) groups excluding carboxylic acids is 1. The molecule has 1 amide bonds. The lowest BCUT2D eigenvalue weighted by atomic mass is 9.97. The number of carbonyl (C=O) groups is 1. The number of thiophene rings is 1. The van der Waals surface area contributed by atoms with Gasteiger partial charge in [-0.25, -0.2) is 4.98 Å². The molecule has 1 saturated heterocycles. The van der Waals surface area contributed by atoms with Crippen LogP contribution in [0, 0.1) is 5.92 Å². The Bertz CT molecular complexity index is 925. The van der Waals surface area contributed by atoms with Crippen LogP contribution in [0.25, 0.3) is 10.2 Å². The van der Waals surface area contributed by atoms with Crippen LogP contribution in [0.5, 0.6) is 0 Å². The topological polar surface area (TPSA) is 55.2 Å². The van der Waals surface area contributed by atoms with E-state index in [0.717, 1.165) is 55.4 Å². The molecular weight excluding hydrogens is 378 g/mol. The molecule has 0 N–H and O–H groups in total. The van der Waals surface area contributed by atoms with Gasteiger partial charge in [0.2, 0.25) is 5.91 Å². The van der Waals surface area contributed by atoms with Crippen LogP contribution in [0.2, 0.25) is 0 Å². The third-order valence-electron chi connectivity index (χ3n) is 5.88. The fraction of sp³-hybridized carbons (Fsp3) is 0.650. The summed E-state index contributed by atoms with van der Waals surface area (Å²) in [7, 11) is 1.78. The summed E-state index contributed by atoms with van der Waals surface area (Å²) < 4.78 is 1.64. The monoisotopic (exact) mass is 405 g/mol. The van der Waals surface area contributed by atoms with E-state index >= 15 is 0 Å². The number of aromatic nitrogens is 2. The number of piperidine rings is 1. The second-order valence-corrected chi connectivity index (χ2v) is 10.3. The highest BCUT2D eigenvalue weighted by Gasteiger charge is 2.27. The van der Waals surface area contributed by atoms with Crippen LogP contribution < -0.4 is 5.56 Å². The first-order valence-corrected chi connectivity index (χ1v) is 11.6. The molecule has 0 spiro atoms. The minimum atomic E-state index is -0.233. The van der Waals surface area contributed by atoms with Crippen LogP contribution in [0.3, 0.4) is 0 Å². The standard InChI is InChI=1S/C20H27N3O2S2/c1-12-8-10-23(11-9-12)18(24)13(2)26-20-21-17-16(19(25)22(20)3)14-6-4-5-7-15(14)27-17/h12-13H,4-11H2,1-3H3/t13-/m1/s1. The first kappa shape index (κ1) is 19.0. The van der Waals surface area contributed by atoms with Gasteiger partial charge in [0, 0.05) is 25.0 Å². The molecule has 3 heterocycles. The Balaban J connectivity index is 1.59. The summed E-state index contributed by atoms with van der Waals surface area (Å²) in [6.07, 6.45) is 6.55. The zero-order chi connectivity index (χ0) is 19.1. The molecular formula is C20H27N3O2S2. The van der Waals surface area contributed by atoms with Gasteiger partial charge in [-0.1, -0.05) is 18.7 Å². The molecule has 7 heteroatoms. The molecule has 0 unspecified atom stereocenters. The molecule has 146 valence electrons. The number of fused-ring (bicyclic) bond motifs is 3. The molecule has 2 aromatic heterocycles. The molecule has 1 aliphatic carbocycles. The van der Waals surface area contributed by atoms with Gasteiger partial charge in [0.15, 0.2) is 5.16 Å². The molecule has 4 rings (SSSR count). The van der Waals surface area contributed by atoms with Crippen LogP contribution in [0.1, 0.15) is 50.0 Å². The Morgan fingerprint density at radius 3 is 2.70 bits per heavy atom. The number of likely N-dealkylation sites (tertiary alicyclic amines) is 1. The van der Waals surface area contributed by atoms with Crippen molar-refractivity contribution in [3.05, 3.63) is 20.8 Å². The molecule has 1 atom stereocenters. The van der Waals surface area contributed by atoms with Crippen LogP contribution in [-0.4, -0.2) is 38.7 Å². The van der Waals surface area contributed by atoms with Crippen molar-refractivity contribution in [2.75, 3.05) is 13.1 Å². The summed E-state index contributed by atoms with van der Waals surface area (Å²) in [5.41, 5.74) is 1.26. The molecule has 1 aliphatic heterocycles. The van der Waals surface area contributed by atoms with Gasteiger partial charge < -0.3 is 4.90 Å². The number of amides is 1. The van der Waals surface area contributed by atoms with Gasteiger partial charge >= 0.3 is 0 Å². The Labute approximate surface area is 168 Å². The largest absolute Gasteiger partial charge is 0.342 e. The smallest absolute Gasteiger partial charge is 0.262 e. The summed E-state index contributed by atoms with van der Waals surface area (Å²) >= 11 is 3.08. The van der Waals surface area contributed by atoms with Gasteiger partial charge in [-0.3, -0.25) is 14.2 Å². The first-order chi connectivity index (χ1) is 13.0. The van der Waals surface area contributed by atoms with Crippen molar-refractivity contribution >= 4 is 39.2 Å². The van der Waals surface area contributed by atoms with Gasteiger partial charge in [-0.05, 0) is 56.9 Å². The fourth-order valence-corrected chi connectivity index (χ4v) is 6.33. The van der Waals surface area contributed by atoms with Crippen molar-refractivity contribution in [3.8, 4) is 0 Å². The molecule has 2 aromatic rings. The van der Waals surface area contributed by atoms with Crippen molar-refractivity contribution in [1.29, 1.82) is 0 Å². The number of nitrogens with zero attached hydrogens (tertiary/aromatic N) is 3. The highest BCUT2D eigenvalue weighted by Crippen LogP contribution is 2.35. The van der Waals surface area contributed by atoms with Gasteiger partial charge in [0.05, 0.1) is 10.6 Å². The third-order valence-corrected chi connectivity index (χ3v) is 8.20. The summed E-state index contributed by atoms with van der Waals surface area (Å²) in [4.78, 5) is 34.8. The minimum Gasteiger partial charge on any atom is -0.342 e. The highest BCUT2D eigenvalue weighted by molar-refractivity contribution is 8.00. The summed E-state index contributed by atoms with van der Waals surface area (Å²) in [6.45, 7) is 5.86. The predicted octanol–water partition coefficient (Wildman–Crippen LogP) is 3.61. The van der Waals surface area contributed by atoms with Crippen molar-refractivity contribution in [1.82, 2.24) is 14.5 Å². The highest BCUT2D eigenvalue weighted by atomic mass is 32.2. The van der Waals surface area contributed by atoms with Crippen molar-refractivity contribution in [3.63, 3.8) is 0 Å². The molecule has 1 fully saturated rings. The Hall–Kier alpha value is -1.34. The van der Waals surface area contributed by atoms with E-state index in [0.29, 0.717) is 11.1 Å². The first-order valence-electron chi connectivity index (χ1n) is 9.92. The van der Waals surface area contributed by atoms with E-state index in [-0.39, 0.29) is 16.7 Å². The molecule has 5 nitrogen and oxygen atoms in total. The van der Waals surface area contributed by atoms with Crippen molar-refractivity contribution < 1.29 is 4.79 Å². The lowest BCUT2D eigenvalue weighted by Gasteiger charge is -2.32. The number of rotatable bonds is 3. The predicted molar refractivity (Wildman–Crippen MR) is 112 cm³/mol. The van der Waals surface area contributed by atoms with E-state index in [1.54, 1.807) is 23.0 Å². The maximum Gasteiger partial charge on any atom is 0.262 e. The molecule has 0 aromatic carbocycles. The van der Waals surface area contributed by atoms with E-state index < -0.39 is 0 Å². The zero-order valence-corrected chi connectivity index (χ0v) is 17.9. The number of aryl methyl sites for hydroxylation is 2. The zero-order valence-electron chi connectivity index (χ0n) is 16.3. The second kappa shape index (κ2) is 7.59. The SMILES string of the molecule is CC1CCN(C(=O)[C@@H](C)Sc2nc3sc4c(c3c(=O)n2C)CCCC4)CC1. The maximum absolute atomic E-state index is 13.0. The second-order valence-electron chi connectivity index (χ2n) is 7.92. The number of hydrogen-bond donors (Lipinski definition) is 0. The van der Waals surface area contributed by atoms with Gasteiger partial charge in [-0.15, -0.1) is 11.3 Å². The van der Waals surface area contributed by atoms with Gasteiger partial charge in [0.25, 0.3) is 5.56 Å². The number of hydrogen-bond acceptors (Lipinski definition) is 5. The Morgan fingerprint density at radius 2 is 1.96 bits per heavy atom. The summed E-state index contributed by atoms with van der Waals surface area (Å²) in [5, 5.41) is 1.23. The van der Waals surface area contributed by atoms with E-state index in [9.17, 15) is 9.59 Å². The normalized spacial score (nSPS) is 19.3. The molecule has 2 aliphatic rings. The quantitative estimate of drug-likeness (QED) is 0.578. The number of thioether (sulfide) groups is 1. The van der Waals surface area contributed by atoms with E-state index in [1.807, 2.05) is 11.8 Å². The van der Waals surface area contributed by atoms with Gasteiger partial charge in [0.1, 0.15) is 4.83 Å². The fourth-order valence-electron chi connectivity index (χ4n) is 4.07. The van der Waals surface area contributed by atoms with Crippen molar-refractivity contribution in [2.45, 2.75) is 62.8 Å².